The first kappa shape index (κ1) is 12.9. The van der Waals surface area contributed by atoms with Crippen molar-refractivity contribution in [2.75, 3.05) is 5.32 Å². The molecule has 1 aromatic carbocycles. The minimum Gasteiger partial charge on any atom is -0.478 e. The average molecular weight is 361 g/mol. The highest BCUT2D eigenvalue weighted by Gasteiger charge is 2.08. The van der Waals surface area contributed by atoms with E-state index in [2.05, 4.69) is 5.32 Å². The van der Waals surface area contributed by atoms with Crippen molar-refractivity contribution in [3.8, 4) is 0 Å². The molecule has 0 aliphatic rings. The van der Waals surface area contributed by atoms with Crippen LogP contribution in [0.2, 0.25) is 0 Å². The fourth-order valence-electron chi connectivity index (χ4n) is 1.42. The molecule has 0 spiro atoms. The molecule has 1 heterocycles. The molecule has 0 saturated heterocycles. The van der Waals surface area contributed by atoms with Crippen molar-refractivity contribution >= 4 is 34.2 Å². The number of carbonyl (C=O) groups is 1. The van der Waals surface area contributed by atoms with Crippen LogP contribution in [0.4, 0.5) is 10.1 Å². The largest absolute Gasteiger partial charge is 0.478 e. The zero-order valence-corrected chi connectivity index (χ0v) is 11.3. The smallest absolute Gasteiger partial charge is 0.335 e. The number of benzene rings is 1. The Balaban J connectivity index is 2.13. The molecule has 0 unspecified atom stereocenters. The number of anilines is 1. The molecule has 0 fully saturated rings. The summed E-state index contributed by atoms with van der Waals surface area (Å²) in [6.07, 6.45) is 0. The number of carboxylic acid groups (broad SMARTS) is 1. The predicted octanol–water partition coefficient (Wildman–Crippen LogP) is 3.33. The fraction of sp³-hybridized carbons (Fsp3) is 0.0833. The number of rotatable bonds is 4. The summed E-state index contributed by atoms with van der Waals surface area (Å²) in [5.41, 5.74) is 0.175. The van der Waals surface area contributed by atoms with Crippen molar-refractivity contribution in [2.24, 2.45) is 0 Å². The van der Waals surface area contributed by atoms with Gasteiger partial charge in [-0.1, -0.05) is 0 Å². The monoisotopic (exact) mass is 361 g/mol. The third kappa shape index (κ3) is 3.00. The summed E-state index contributed by atoms with van der Waals surface area (Å²) >= 11 is 2.03. The molecule has 94 valence electrons. The lowest BCUT2D eigenvalue weighted by atomic mass is 10.2. The maximum atomic E-state index is 13.5. The van der Waals surface area contributed by atoms with Crippen LogP contribution in [0.25, 0.3) is 0 Å². The first-order valence-corrected chi connectivity index (χ1v) is 6.15. The minimum absolute atomic E-state index is 0.0351. The second kappa shape index (κ2) is 5.38. The van der Waals surface area contributed by atoms with Crippen molar-refractivity contribution in [1.82, 2.24) is 0 Å². The van der Waals surface area contributed by atoms with Gasteiger partial charge in [-0.25, -0.2) is 9.18 Å². The van der Waals surface area contributed by atoms with E-state index in [0.717, 1.165) is 9.83 Å². The van der Waals surface area contributed by atoms with Gasteiger partial charge in [-0.05, 0) is 52.9 Å². The third-order valence-electron chi connectivity index (χ3n) is 2.30. The average Bonchev–Trinajstić information content (AvgIpc) is 2.74. The number of carboxylic acids is 1. The Bertz CT molecular complexity index is 582. The lowest BCUT2D eigenvalue weighted by Crippen LogP contribution is -2.03. The van der Waals surface area contributed by atoms with Gasteiger partial charge in [0.15, 0.2) is 3.77 Å². The highest BCUT2D eigenvalue weighted by atomic mass is 127. The maximum absolute atomic E-state index is 13.5. The normalized spacial score (nSPS) is 10.3. The highest BCUT2D eigenvalue weighted by Crippen LogP contribution is 2.18. The zero-order valence-electron chi connectivity index (χ0n) is 9.11. The van der Waals surface area contributed by atoms with Crippen LogP contribution in [0.1, 0.15) is 16.1 Å². The molecule has 6 heteroatoms. The molecule has 0 atom stereocenters. The lowest BCUT2D eigenvalue weighted by molar-refractivity contribution is 0.0697. The molecular formula is C12H9FINO3. The molecule has 0 amide bonds. The van der Waals surface area contributed by atoms with Crippen LogP contribution in [0.5, 0.6) is 0 Å². The standard InChI is InChI=1S/C12H9FINO3/c13-9-3-1-7(12(16)17)5-10(9)15-6-8-2-4-11(14)18-8/h1-5,15H,6H2,(H,16,17). The van der Waals surface area contributed by atoms with Crippen molar-refractivity contribution < 1.29 is 18.7 Å². The molecule has 2 rings (SSSR count). The molecule has 0 bridgehead atoms. The Hall–Kier alpha value is -1.57. The van der Waals surface area contributed by atoms with Gasteiger partial charge in [0, 0.05) is 0 Å². The summed E-state index contributed by atoms with van der Waals surface area (Å²) in [6.45, 7) is 0.295. The number of furan rings is 1. The molecule has 2 aromatic rings. The van der Waals surface area contributed by atoms with E-state index in [1.807, 2.05) is 22.6 Å². The molecule has 0 aliphatic carbocycles. The maximum Gasteiger partial charge on any atom is 0.335 e. The van der Waals surface area contributed by atoms with Gasteiger partial charge in [-0.2, -0.15) is 0 Å². The summed E-state index contributed by atoms with van der Waals surface area (Å²) in [4.78, 5) is 10.8. The van der Waals surface area contributed by atoms with E-state index in [1.54, 1.807) is 12.1 Å². The summed E-state index contributed by atoms with van der Waals surface area (Å²) in [6, 6.07) is 7.16. The van der Waals surface area contributed by atoms with Crippen LogP contribution in [-0.4, -0.2) is 11.1 Å². The van der Waals surface area contributed by atoms with Crippen molar-refractivity contribution in [1.29, 1.82) is 0 Å². The van der Waals surface area contributed by atoms with Crippen LogP contribution < -0.4 is 5.32 Å². The Labute approximate surface area is 116 Å². The van der Waals surface area contributed by atoms with Crippen molar-refractivity contribution in [3.05, 3.63) is 51.2 Å². The fourth-order valence-corrected chi connectivity index (χ4v) is 1.89. The number of hydrogen-bond donors (Lipinski definition) is 2. The van der Waals surface area contributed by atoms with Gasteiger partial charge < -0.3 is 14.8 Å². The summed E-state index contributed by atoms with van der Waals surface area (Å²) in [5, 5.41) is 11.6. The van der Waals surface area contributed by atoms with Gasteiger partial charge in [0.25, 0.3) is 0 Å². The summed E-state index contributed by atoms with van der Waals surface area (Å²) in [7, 11) is 0. The Morgan fingerprint density at radius 1 is 1.39 bits per heavy atom. The Morgan fingerprint density at radius 2 is 2.17 bits per heavy atom. The SMILES string of the molecule is O=C(O)c1ccc(F)c(NCc2ccc(I)o2)c1. The number of hydrogen-bond acceptors (Lipinski definition) is 3. The molecule has 0 aliphatic heterocycles. The first-order valence-electron chi connectivity index (χ1n) is 5.07. The molecule has 18 heavy (non-hydrogen) atoms. The van der Waals surface area contributed by atoms with Gasteiger partial charge in [0.2, 0.25) is 0 Å². The quantitative estimate of drug-likeness (QED) is 0.821. The third-order valence-corrected chi connectivity index (χ3v) is 2.88. The van der Waals surface area contributed by atoms with E-state index in [0.29, 0.717) is 12.3 Å². The van der Waals surface area contributed by atoms with E-state index in [1.165, 1.54) is 12.1 Å². The van der Waals surface area contributed by atoms with E-state index in [-0.39, 0.29) is 11.3 Å². The summed E-state index contributed by atoms with van der Waals surface area (Å²) < 4.78 is 19.5. The topological polar surface area (TPSA) is 62.5 Å². The van der Waals surface area contributed by atoms with Gasteiger partial charge in [0.1, 0.15) is 11.6 Å². The van der Waals surface area contributed by atoms with Gasteiger partial charge in [-0.3, -0.25) is 0 Å². The second-order valence-electron chi connectivity index (χ2n) is 3.56. The number of halogens is 2. The highest BCUT2D eigenvalue weighted by molar-refractivity contribution is 14.1. The number of aromatic carboxylic acids is 1. The molecule has 0 saturated carbocycles. The predicted molar refractivity (Wildman–Crippen MR) is 72.1 cm³/mol. The molecule has 0 radical (unpaired) electrons. The van der Waals surface area contributed by atoms with E-state index in [4.69, 9.17) is 9.52 Å². The molecule has 2 N–H and O–H groups in total. The second-order valence-corrected chi connectivity index (χ2v) is 4.62. The Kier molecular flexibility index (Phi) is 3.85. The molecule has 4 nitrogen and oxygen atoms in total. The van der Waals surface area contributed by atoms with Crippen molar-refractivity contribution in [2.45, 2.75) is 6.54 Å². The molecular weight excluding hydrogens is 352 g/mol. The minimum atomic E-state index is -1.09. The van der Waals surface area contributed by atoms with Gasteiger partial charge in [0.05, 0.1) is 17.8 Å². The van der Waals surface area contributed by atoms with E-state index >= 15 is 0 Å². The van der Waals surface area contributed by atoms with Crippen LogP contribution in [0.3, 0.4) is 0 Å². The lowest BCUT2D eigenvalue weighted by Gasteiger charge is -2.06. The van der Waals surface area contributed by atoms with Crippen LogP contribution in [0.15, 0.2) is 34.7 Å². The van der Waals surface area contributed by atoms with E-state index < -0.39 is 11.8 Å². The zero-order chi connectivity index (χ0) is 13.1. The summed E-state index contributed by atoms with van der Waals surface area (Å²) in [5.74, 6) is -0.939. The van der Waals surface area contributed by atoms with E-state index in [9.17, 15) is 9.18 Å². The Morgan fingerprint density at radius 3 is 2.78 bits per heavy atom. The van der Waals surface area contributed by atoms with Crippen LogP contribution >= 0.6 is 22.6 Å². The molecule has 1 aromatic heterocycles. The van der Waals surface area contributed by atoms with Crippen LogP contribution in [0, 0.1) is 9.58 Å². The van der Waals surface area contributed by atoms with Gasteiger partial charge in [-0.15, -0.1) is 0 Å². The van der Waals surface area contributed by atoms with Crippen molar-refractivity contribution in [3.63, 3.8) is 0 Å². The number of nitrogens with one attached hydrogen (secondary N) is 1. The van der Waals surface area contributed by atoms with Crippen LogP contribution in [-0.2, 0) is 6.54 Å². The van der Waals surface area contributed by atoms with Gasteiger partial charge >= 0.3 is 5.97 Å². The first-order chi connectivity index (χ1) is 8.56.